The molecule has 0 bridgehead atoms. The Bertz CT molecular complexity index is 3010. The van der Waals surface area contributed by atoms with Crippen molar-refractivity contribution in [3.05, 3.63) is 246 Å². The summed E-state index contributed by atoms with van der Waals surface area (Å²) in [5, 5.41) is 0. The van der Waals surface area contributed by atoms with E-state index < -0.39 is 0 Å². The molecular weight excluding hydrogens is 791 g/mol. The summed E-state index contributed by atoms with van der Waals surface area (Å²) in [4.78, 5) is 7.63. The first-order valence-electron chi connectivity index (χ1n) is 23.1. The normalized spacial score (nSPS) is 19.8. The molecule has 316 valence electrons. The highest BCUT2D eigenvalue weighted by molar-refractivity contribution is 5.82. The van der Waals surface area contributed by atoms with Crippen LogP contribution in [-0.4, -0.2) is 17.0 Å². The molecule has 4 heteroatoms. The molecule has 2 atom stereocenters. The van der Waals surface area contributed by atoms with E-state index in [-0.39, 0.29) is 12.1 Å². The van der Waals surface area contributed by atoms with Gasteiger partial charge in [0.05, 0.1) is 23.5 Å². The molecule has 0 saturated carbocycles. The first-order valence-corrected chi connectivity index (χ1v) is 23.1. The highest BCUT2D eigenvalue weighted by atomic mass is 16.5. The van der Waals surface area contributed by atoms with E-state index in [0.29, 0.717) is 0 Å². The summed E-state index contributed by atoms with van der Waals surface area (Å²) in [5.41, 5.74) is 17.9. The molecule has 4 nitrogen and oxygen atoms in total. The topological polar surface area (TPSA) is 19.0 Å². The van der Waals surface area contributed by atoms with Gasteiger partial charge in [0.25, 0.3) is 0 Å². The largest absolute Gasteiger partial charge is 0.457 e. The molecule has 0 amide bonds. The third-order valence-electron chi connectivity index (χ3n) is 13.4. The second-order valence-corrected chi connectivity index (χ2v) is 17.3. The molecule has 2 heterocycles. The van der Waals surface area contributed by atoms with Gasteiger partial charge in [-0.05, 0) is 132 Å². The lowest BCUT2D eigenvalue weighted by molar-refractivity contribution is 0.341. The molecule has 0 saturated heterocycles. The number of terminal acetylenes is 1. The highest BCUT2D eigenvalue weighted by Gasteiger charge is 2.41. The van der Waals surface area contributed by atoms with E-state index in [1.165, 1.54) is 56.2 Å². The standard InChI is InChI=1S/C61H51N3O/c1-3-5-16-43(4-2)45-31-35-49(36-32-45)62(50-37-33-48(34-38-50)47-29-27-46(28-30-47)44-17-7-6-8-18-44)53-39-40-57-55(42-53)54-21-9-10-22-56(54)63(57)51-19-15-20-52(41-51)64-58-23-11-13-25-60(58)65-61-26-14-12-24-59(61)64/h2-3,5-9,11-13,15-21,23-25,27-39,42,52,57H,10,14,22,26,40-41H2,1H3/b5-3-,43-16+. The van der Waals surface area contributed by atoms with E-state index >= 15 is 0 Å². The van der Waals surface area contributed by atoms with E-state index in [9.17, 15) is 0 Å². The molecule has 0 radical (unpaired) electrons. The van der Waals surface area contributed by atoms with Gasteiger partial charge in [0.15, 0.2) is 5.75 Å². The van der Waals surface area contributed by atoms with Crippen molar-refractivity contribution in [3.8, 4) is 40.3 Å². The van der Waals surface area contributed by atoms with E-state index in [2.05, 4.69) is 203 Å². The van der Waals surface area contributed by atoms with Gasteiger partial charge in [0, 0.05) is 46.9 Å². The maximum Gasteiger partial charge on any atom is 0.150 e. The van der Waals surface area contributed by atoms with Crippen LogP contribution in [0.4, 0.5) is 17.1 Å². The number of anilines is 3. The van der Waals surface area contributed by atoms with Crippen LogP contribution in [0.25, 0.3) is 27.8 Å². The molecule has 0 spiro atoms. The molecule has 0 aromatic heterocycles. The second-order valence-electron chi connectivity index (χ2n) is 17.3. The predicted molar refractivity (Wildman–Crippen MR) is 270 cm³/mol. The second kappa shape index (κ2) is 17.4. The summed E-state index contributed by atoms with van der Waals surface area (Å²) < 4.78 is 6.49. The SMILES string of the molecule is C#C/C(=C\C=C/C)c1ccc(N(C2=CCC3C(=C2)C2=C(CCC=C2)N3C2=CC=CC(N3C4=C(CCC=C4)Oc4ccccc43)C2)c2ccc(-c3ccc(-c4ccccc4)cc3)cc2)cc1. The summed E-state index contributed by atoms with van der Waals surface area (Å²) in [6.45, 7) is 2.00. The van der Waals surface area contributed by atoms with Crippen molar-refractivity contribution in [2.75, 3.05) is 9.80 Å². The van der Waals surface area contributed by atoms with Gasteiger partial charge in [0.2, 0.25) is 0 Å². The third-order valence-corrected chi connectivity index (χ3v) is 13.4. The number of hydrogen-bond donors (Lipinski definition) is 0. The fourth-order valence-corrected chi connectivity index (χ4v) is 10.3. The molecule has 11 rings (SSSR count). The average molecular weight is 842 g/mol. The molecule has 4 aliphatic carbocycles. The number of nitrogens with zero attached hydrogens (tertiary/aromatic N) is 3. The van der Waals surface area contributed by atoms with E-state index in [4.69, 9.17) is 11.2 Å². The van der Waals surface area contributed by atoms with E-state index in [1.807, 2.05) is 25.2 Å². The maximum atomic E-state index is 6.49. The number of para-hydroxylation sites is 2. The Morgan fingerprint density at radius 1 is 0.754 bits per heavy atom. The molecular formula is C61H51N3O. The zero-order valence-electron chi connectivity index (χ0n) is 36.8. The Morgan fingerprint density at radius 2 is 1.43 bits per heavy atom. The van der Waals surface area contributed by atoms with Gasteiger partial charge in [-0.25, -0.2) is 0 Å². The van der Waals surface area contributed by atoms with Crippen LogP contribution >= 0.6 is 0 Å². The Labute approximate surface area is 383 Å². The Morgan fingerprint density at radius 3 is 2.18 bits per heavy atom. The summed E-state index contributed by atoms with van der Waals surface area (Å²) in [5.74, 6) is 4.90. The minimum Gasteiger partial charge on any atom is -0.457 e. The number of ether oxygens (including phenoxy) is 1. The molecule has 0 N–H and O–H groups in total. The Kier molecular flexibility index (Phi) is 10.7. The molecule has 2 aliphatic heterocycles. The van der Waals surface area contributed by atoms with Gasteiger partial charge in [-0.1, -0.05) is 146 Å². The summed E-state index contributed by atoms with van der Waals surface area (Å²) in [7, 11) is 0. The number of hydrogen-bond acceptors (Lipinski definition) is 4. The molecule has 0 fully saturated rings. The van der Waals surface area contributed by atoms with Crippen molar-refractivity contribution in [1.29, 1.82) is 0 Å². The molecule has 5 aromatic rings. The third kappa shape index (κ3) is 7.54. The zero-order valence-corrected chi connectivity index (χ0v) is 36.8. The molecule has 2 unspecified atom stereocenters. The fourth-order valence-electron chi connectivity index (χ4n) is 10.3. The van der Waals surface area contributed by atoms with Crippen molar-refractivity contribution in [1.82, 2.24) is 4.90 Å². The molecule has 65 heavy (non-hydrogen) atoms. The van der Waals surface area contributed by atoms with Gasteiger partial charge in [-0.3, -0.25) is 0 Å². The van der Waals surface area contributed by atoms with Gasteiger partial charge >= 0.3 is 0 Å². The predicted octanol–water partition coefficient (Wildman–Crippen LogP) is 14.9. The van der Waals surface area contributed by atoms with Gasteiger partial charge in [0.1, 0.15) is 5.76 Å². The summed E-state index contributed by atoms with van der Waals surface area (Å²) in [6, 6.07) is 46.0. The average Bonchev–Trinajstić information content (AvgIpc) is 3.70. The van der Waals surface area contributed by atoms with Crippen LogP contribution in [-0.2, 0) is 0 Å². The Hall–Kier alpha value is -7.74. The zero-order chi connectivity index (χ0) is 43.7. The van der Waals surface area contributed by atoms with Crippen molar-refractivity contribution in [2.24, 2.45) is 0 Å². The quantitative estimate of drug-likeness (QED) is 0.109. The number of allylic oxidation sites excluding steroid dienone is 13. The first kappa shape index (κ1) is 40.1. The molecule has 5 aromatic carbocycles. The monoisotopic (exact) mass is 841 g/mol. The number of rotatable bonds is 9. The minimum absolute atomic E-state index is 0.157. The van der Waals surface area contributed by atoms with Crippen molar-refractivity contribution in [3.63, 3.8) is 0 Å². The highest BCUT2D eigenvalue weighted by Crippen LogP contribution is 2.49. The lowest BCUT2D eigenvalue weighted by Crippen LogP contribution is -2.41. The number of benzene rings is 5. The lowest BCUT2D eigenvalue weighted by atomic mass is 9.91. The molecule has 6 aliphatic rings. The van der Waals surface area contributed by atoms with Crippen LogP contribution in [0.3, 0.4) is 0 Å². The van der Waals surface area contributed by atoms with Crippen molar-refractivity contribution < 1.29 is 4.74 Å². The van der Waals surface area contributed by atoms with Crippen molar-refractivity contribution >= 4 is 22.6 Å². The fraction of sp³-hybridized carbons (Fsp3) is 0.148. The van der Waals surface area contributed by atoms with Crippen LogP contribution < -0.4 is 14.5 Å². The maximum absolute atomic E-state index is 6.49. The van der Waals surface area contributed by atoms with Crippen LogP contribution in [0.2, 0.25) is 0 Å². The van der Waals surface area contributed by atoms with Gasteiger partial charge < -0.3 is 19.4 Å². The van der Waals surface area contributed by atoms with Gasteiger partial charge in [-0.2, -0.15) is 0 Å². The lowest BCUT2D eigenvalue weighted by Gasteiger charge is -2.42. The van der Waals surface area contributed by atoms with Gasteiger partial charge in [-0.15, -0.1) is 6.42 Å². The summed E-state index contributed by atoms with van der Waals surface area (Å²) >= 11 is 0. The van der Waals surface area contributed by atoms with Crippen molar-refractivity contribution in [2.45, 2.75) is 57.5 Å². The summed E-state index contributed by atoms with van der Waals surface area (Å²) in [6.07, 6.45) is 39.0. The van der Waals surface area contributed by atoms with Crippen LogP contribution in [0.5, 0.6) is 5.75 Å². The first-order chi connectivity index (χ1) is 32.1. The Balaban J connectivity index is 0.926. The van der Waals surface area contributed by atoms with E-state index in [0.717, 1.165) is 78.2 Å². The smallest absolute Gasteiger partial charge is 0.150 e. The van der Waals surface area contributed by atoms with Crippen LogP contribution in [0.1, 0.15) is 51.0 Å². The number of fused-ring (bicyclic) bond motifs is 3. The van der Waals surface area contributed by atoms with Crippen LogP contribution in [0.15, 0.2) is 240 Å². The minimum atomic E-state index is 0.157. The van der Waals surface area contributed by atoms with Crippen LogP contribution in [0, 0.1) is 12.3 Å². The van der Waals surface area contributed by atoms with E-state index in [1.54, 1.807) is 0 Å².